The summed E-state index contributed by atoms with van der Waals surface area (Å²) in [5, 5.41) is 3.22. The maximum absolute atomic E-state index is 11.8. The van der Waals surface area contributed by atoms with Gasteiger partial charge >= 0.3 is 0 Å². The van der Waals surface area contributed by atoms with E-state index in [1.807, 2.05) is 30.0 Å². The second-order valence-electron chi connectivity index (χ2n) is 6.28. The zero-order chi connectivity index (χ0) is 19.4. The smallest absolute Gasteiger partial charge is 0.227 e. The topological polar surface area (TPSA) is 93.7 Å². The number of methoxy groups -OCH3 is 2. The molecule has 27 heavy (non-hydrogen) atoms. The molecule has 1 unspecified atom stereocenters. The van der Waals surface area contributed by atoms with Crippen LogP contribution in [0.3, 0.4) is 0 Å². The number of rotatable bonds is 7. The van der Waals surface area contributed by atoms with Crippen molar-refractivity contribution in [2.75, 3.05) is 42.5 Å². The largest absolute Gasteiger partial charge is 0.497 e. The Kier molecular flexibility index (Phi) is 5.69. The predicted octanol–water partition coefficient (Wildman–Crippen LogP) is 2.25. The lowest BCUT2D eigenvalue weighted by Gasteiger charge is -2.27. The van der Waals surface area contributed by atoms with E-state index in [2.05, 4.69) is 15.3 Å². The number of hydrogen-bond donors (Lipinski definition) is 1. The van der Waals surface area contributed by atoms with E-state index in [1.54, 1.807) is 26.5 Å². The normalized spacial score (nSPS) is 18.1. The molecule has 0 saturated carbocycles. The van der Waals surface area contributed by atoms with Gasteiger partial charge in [0.25, 0.3) is 0 Å². The molecule has 1 aromatic carbocycles. The monoisotopic (exact) mass is 392 g/mol. The average molecular weight is 392 g/mol. The van der Waals surface area contributed by atoms with E-state index < -0.39 is 9.84 Å². The Balaban J connectivity index is 1.85. The minimum Gasteiger partial charge on any atom is -0.497 e. The van der Waals surface area contributed by atoms with Crippen molar-refractivity contribution in [3.63, 3.8) is 0 Å². The first-order valence-electron chi connectivity index (χ1n) is 8.75. The highest BCUT2D eigenvalue weighted by atomic mass is 32.2. The molecular weight excluding hydrogens is 368 g/mol. The molecule has 9 heteroatoms. The summed E-state index contributed by atoms with van der Waals surface area (Å²) in [6.07, 6.45) is 2.25. The van der Waals surface area contributed by atoms with Gasteiger partial charge in [-0.1, -0.05) is 0 Å². The third-order valence-corrected chi connectivity index (χ3v) is 6.31. The predicted molar refractivity (Wildman–Crippen MR) is 105 cm³/mol. The zero-order valence-corrected chi connectivity index (χ0v) is 16.5. The number of ether oxygens (including phenoxy) is 2. The Morgan fingerprint density at radius 3 is 2.70 bits per heavy atom. The van der Waals surface area contributed by atoms with Gasteiger partial charge in [0.1, 0.15) is 17.3 Å². The van der Waals surface area contributed by atoms with E-state index >= 15 is 0 Å². The lowest BCUT2D eigenvalue weighted by atomic mass is 10.2. The van der Waals surface area contributed by atoms with Crippen LogP contribution in [0.25, 0.3) is 0 Å². The number of nitrogens with zero attached hydrogens (tertiary/aromatic N) is 3. The SMILES string of the molecule is CCN(c1nccc(Nc2cc(OC)ccc2OC)n1)C1CCS(=O)(=O)C1. The fourth-order valence-electron chi connectivity index (χ4n) is 3.19. The van der Waals surface area contributed by atoms with Crippen molar-refractivity contribution in [3.8, 4) is 11.5 Å². The molecule has 1 atom stereocenters. The Morgan fingerprint density at radius 2 is 2.07 bits per heavy atom. The maximum atomic E-state index is 11.8. The quantitative estimate of drug-likeness (QED) is 0.767. The van der Waals surface area contributed by atoms with Crippen LogP contribution < -0.4 is 19.7 Å². The van der Waals surface area contributed by atoms with Crippen LogP contribution in [0.1, 0.15) is 13.3 Å². The number of nitrogens with one attached hydrogen (secondary N) is 1. The minimum atomic E-state index is -2.98. The van der Waals surface area contributed by atoms with Crippen molar-refractivity contribution in [2.45, 2.75) is 19.4 Å². The first kappa shape index (κ1) is 19.2. The molecule has 8 nitrogen and oxygen atoms in total. The Labute approximate surface area is 159 Å². The molecule has 0 bridgehead atoms. The van der Waals surface area contributed by atoms with Gasteiger partial charge < -0.3 is 19.7 Å². The van der Waals surface area contributed by atoms with Gasteiger partial charge in [0.2, 0.25) is 5.95 Å². The third kappa shape index (κ3) is 4.41. The lowest BCUT2D eigenvalue weighted by Crippen LogP contribution is -2.37. The van der Waals surface area contributed by atoms with Crippen LogP contribution in [0, 0.1) is 0 Å². The first-order valence-corrected chi connectivity index (χ1v) is 10.6. The number of benzene rings is 1. The van der Waals surface area contributed by atoms with Crippen LogP contribution in [0.15, 0.2) is 30.5 Å². The van der Waals surface area contributed by atoms with Gasteiger partial charge in [-0.2, -0.15) is 4.98 Å². The Bertz CT molecular complexity index is 904. The van der Waals surface area contributed by atoms with Crippen LogP contribution >= 0.6 is 0 Å². The summed E-state index contributed by atoms with van der Waals surface area (Å²) in [6, 6.07) is 7.10. The van der Waals surface area contributed by atoms with Crippen LogP contribution in [0.4, 0.5) is 17.5 Å². The maximum Gasteiger partial charge on any atom is 0.227 e. The molecule has 146 valence electrons. The average Bonchev–Trinajstić information content (AvgIpc) is 3.02. The number of sulfone groups is 1. The summed E-state index contributed by atoms with van der Waals surface area (Å²) in [4.78, 5) is 10.9. The summed E-state index contributed by atoms with van der Waals surface area (Å²) in [6.45, 7) is 2.60. The fraction of sp³-hybridized carbons (Fsp3) is 0.444. The third-order valence-electron chi connectivity index (χ3n) is 4.56. The molecule has 1 saturated heterocycles. The van der Waals surface area contributed by atoms with E-state index in [9.17, 15) is 8.42 Å². The Hall–Kier alpha value is -2.55. The van der Waals surface area contributed by atoms with E-state index in [0.29, 0.717) is 41.9 Å². The summed E-state index contributed by atoms with van der Waals surface area (Å²) in [7, 11) is 0.218. The van der Waals surface area contributed by atoms with Gasteiger partial charge in [-0.05, 0) is 31.5 Å². The molecule has 1 aromatic heterocycles. The summed E-state index contributed by atoms with van der Waals surface area (Å²) < 4.78 is 34.3. The van der Waals surface area contributed by atoms with E-state index in [-0.39, 0.29) is 17.5 Å². The number of hydrogen-bond acceptors (Lipinski definition) is 8. The minimum absolute atomic E-state index is 0.0957. The molecule has 1 fully saturated rings. The van der Waals surface area contributed by atoms with Crippen LogP contribution in [0.5, 0.6) is 11.5 Å². The van der Waals surface area contributed by atoms with Gasteiger partial charge in [0, 0.05) is 24.8 Å². The standard InChI is InChI=1S/C18H24N4O4S/c1-4-22(13-8-10-27(23,24)12-13)18-19-9-7-17(21-18)20-15-11-14(25-2)5-6-16(15)26-3/h5-7,9,11,13H,4,8,10,12H2,1-3H3,(H,19,20,21). The Morgan fingerprint density at radius 1 is 1.26 bits per heavy atom. The van der Waals surface area contributed by atoms with Crippen molar-refractivity contribution >= 4 is 27.3 Å². The van der Waals surface area contributed by atoms with E-state index in [4.69, 9.17) is 9.47 Å². The van der Waals surface area contributed by atoms with Crippen LogP contribution in [-0.2, 0) is 9.84 Å². The van der Waals surface area contributed by atoms with Gasteiger partial charge in [0.15, 0.2) is 9.84 Å². The van der Waals surface area contributed by atoms with Gasteiger partial charge in [-0.25, -0.2) is 13.4 Å². The van der Waals surface area contributed by atoms with E-state index in [0.717, 1.165) is 0 Å². The molecule has 3 rings (SSSR count). The van der Waals surface area contributed by atoms with Crippen molar-refractivity contribution in [1.29, 1.82) is 0 Å². The highest BCUT2D eigenvalue weighted by Gasteiger charge is 2.32. The molecule has 0 spiro atoms. The molecule has 2 aromatic rings. The summed E-state index contributed by atoms with van der Waals surface area (Å²) in [5.41, 5.74) is 0.716. The second kappa shape index (κ2) is 7.99. The molecule has 0 amide bonds. The highest BCUT2D eigenvalue weighted by molar-refractivity contribution is 7.91. The van der Waals surface area contributed by atoms with Crippen molar-refractivity contribution < 1.29 is 17.9 Å². The zero-order valence-electron chi connectivity index (χ0n) is 15.7. The lowest BCUT2D eigenvalue weighted by molar-refractivity contribution is 0.405. The molecule has 1 aliphatic rings. The number of anilines is 3. The molecule has 0 radical (unpaired) electrons. The van der Waals surface area contributed by atoms with Crippen molar-refractivity contribution in [3.05, 3.63) is 30.5 Å². The summed E-state index contributed by atoms with van der Waals surface area (Å²) >= 11 is 0. The number of aromatic nitrogens is 2. The molecular formula is C18H24N4O4S. The van der Waals surface area contributed by atoms with Gasteiger partial charge in [-0.15, -0.1) is 0 Å². The molecule has 2 heterocycles. The van der Waals surface area contributed by atoms with Gasteiger partial charge in [-0.3, -0.25) is 0 Å². The molecule has 0 aliphatic carbocycles. The second-order valence-corrected chi connectivity index (χ2v) is 8.50. The highest BCUT2D eigenvalue weighted by Crippen LogP contribution is 2.31. The van der Waals surface area contributed by atoms with Gasteiger partial charge in [0.05, 0.1) is 31.4 Å². The van der Waals surface area contributed by atoms with Crippen LogP contribution in [0.2, 0.25) is 0 Å². The summed E-state index contributed by atoms with van der Waals surface area (Å²) in [5.74, 6) is 2.81. The van der Waals surface area contributed by atoms with Crippen LogP contribution in [-0.4, -0.2) is 56.7 Å². The van der Waals surface area contributed by atoms with E-state index in [1.165, 1.54) is 0 Å². The first-order chi connectivity index (χ1) is 13.0. The van der Waals surface area contributed by atoms with Crippen molar-refractivity contribution in [1.82, 2.24) is 9.97 Å². The molecule has 1 N–H and O–H groups in total. The molecule has 1 aliphatic heterocycles. The van der Waals surface area contributed by atoms with Crippen molar-refractivity contribution in [2.24, 2.45) is 0 Å². The fourth-order valence-corrected chi connectivity index (χ4v) is 4.92.